The first-order chi connectivity index (χ1) is 16.8. The van der Waals surface area contributed by atoms with Crippen LogP contribution in [0, 0.1) is 5.92 Å². The molecule has 0 spiro atoms. The monoisotopic (exact) mass is 482 g/mol. The van der Waals surface area contributed by atoms with Crippen molar-refractivity contribution in [2.45, 2.75) is 33.6 Å². The molecule has 0 N–H and O–H groups in total. The maximum atomic E-state index is 13.0. The van der Waals surface area contributed by atoms with Crippen LogP contribution in [0.15, 0.2) is 35.9 Å². The smallest absolute Gasteiger partial charge is 0.338 e. The van der Waals surface area contributed by atoms with Crippen molar-refractivity contribution in [3.63, 3.8) is 0 Å². The van der Waals surface area contributed by atoms with Crippen LogP contribution in [0.3, 0.4) is 0 Å². The van der Waals surface area contributed by atoms with Gasteiger partial charge in [-0.05, 0) is 55.9 Å². The summed E-state index contributed by atoms with van der Waals surface area (Å²) in [5.41, 5.74) is 4.76. The molecular weight excluding hydrogens is 448 g/mol. The normalized spacial score (nSPS) is 15.3. The molecule has 0 aliphatic heterocycles. The number of hydrogen-bond donors (Lipinski definition) is 0. The van der Waals surface area contributed by atoms with E-state index in [2.05, 4.69) is 13.5 Å². The maximum Gasteiger partial charge on any atom is 0.338 e. The first-order valence-electron chi connectivity index (χ1n) is 11.4. The van der Waals surface area contributed by atoms with Crippen molar-refractivity contribution in [1.29, 1.82) is 0 Å². The standard InChI is InChI=1S/C28H34O7/c1-10-15(2)28(29)35-27-23-19(14-21(31-6)25(27)33-8)12-17(4)16(3)11-18-13-20(30-5)24(32-7)26(34-9)22(18)23/h10,13-14,17H,3,11-12H2,1-2,4-9H3/t17-/m0/s1. The van der Waals surface area contributed by atoms with Gasteiger partial charge in [-0.1, -0.05) is 25.2 Å². The molecule has 2 aromatic rings. The van der Waals surface area contributed by atoms with E-state index in [-0.39, 0.29) is 11.7 Å². The van der Waals surface area contributed by atoms with E-state index in [9.17, 15) is 4.79 Å². The molecule has 1 atom stereocenters. The van der Waals surface area contributed by atoms with Gasteiger partial charge in [0.05, 0.1) is 35.5 Å². The number of benzene rings is 2. The second-order valence-electron chi connectivity index (χ2n) is 8.46. The summed E-state index contributed by atoms with van der Waals surface area (Å²) < 4.78 is 34.6. The first-order valence-corrected chi connectivity index (χ1v) is 11.4. The Hall–Kier alpha value is -3.61. The number of ether oxygens (including phenoxy) is 6. The van der Waals surface area contributed by atoms with E-state index in [1.165, 1.54) is 7.11 Å². The predicted molar refractivity (Wildman–Crippen MR) is 135 cm³/mol. The summed E-state index contributed by atoms with van der Waals surface area (Å²) in [6.45, 7) is 9.95. The lowest BCUT2D eigenvalue weighted by molar-refractivity contribution is -0.130. The van der Waals surface area contributed by atoms with Crippen molar-refractivity contribution in [2.24, 2.45) is 5.92 Å². The summed E-state index contributed by atoms with van der Waals surface area (Å²) in [5.74, 6) is 2.16. The number of carbonyl (C=O) groups excluding carboxylic acids is 1. The Morgan fingerprint density at radius 2 is 1.37 bits per heavy atom. The molecule has 0 amide bonds. The van der Waals surface area contributed by atoms with E-state index in [0.29, 0.717) is 52.7 Å². The molecule has 0 unspecified atom stereocenters. The van der Waals surface area contributed by atoms with Crippen LogP contribution in [0.25, 0.3) is 11.1 Å². The summed E-state index contributed by atoms with van der Waals surface area (Å²) >= 11 is 0. The Labute approximate surface area is 207 Å². The third kappa shape index (κ3) is 4.67. The molecule has 0 radical (unpaired) electrons. The fraction of sp³-hybridized carbons (Fsp3) is 0.393. The van der Waals surface area contributed by atoms with Gasteiger partial charge in [0.1, 0.15) is 0 Å². The van der Waals surface area contributed by atoms with E-state index in [4.69, 9.17) is 28.4 Å². The number of rotatable bonds is 7. The van der Waals surface area contributed by atoms with Gasteiger partial charge < -0.3 is 28.4 Å². The topological polar surface area (TPSA) is 72.5 Å². The van der Waals surface area contributed by atoms with E-state index in [1.54, 1.807) is 48.4 Å². The zero-order chi connectivity index (χ0) is 25.9. The second-order valence-corrected chi connectivity index (χ2v) is 8.46. The lowest BCUT2D eigenvalue weighted by Gasteiger charge is -2.29. The van der Waals surface area contributed by atoms with Crippen LogP contribution < -0.4 is 28.4 Å². The number of fused-ring (bicyclic) bond motifs is 3. The van der Waals surface area contributed by atoms with Crippen LogP contribution in [0.1, 0.15) is 31.9 Å². The Bertz CT molecular complexity index is 1180. The Morgan fingerprint density at radius 1 is 0.857 bits per heavy atom. The SMILES string of the molecule is C=C1Cc2cc(OC)c(OC)c(OC)c2-c2c(cc(OC)c(OC)c2OC(=O)C(C)=CC)C[C@@H]1C. The summed E-state index contributed by atoms with van der Waals surface area (Å²) in [6.07, 6.45) is 2.94. The minimum atomic E-state index is -0.484. The lowest BCUT2D eigenvalue weighted by atomic mass is 9.80. The maximum absolute atomic E-state index is 13.0. The second kappa shape index (κ2) is 10.8. The minimum Gasteiger partial charge on any atom is -0.493 e. The number of esters is 1. The molecule has 0 heterocycles. The first kappa shape index (κ1) is 26.0. The van der Waals surface area contributed by atoms with Crippen LogP contribution >= 0.6 is 0 Å². The summed E-state index contributed by atoms with van der Waals surface area (Å²) in [5, 5.41) is 0. The van der Waals surface area contributed by atoms with Gasteiger partial charge in [-0.25, -0.2) is 4.79 Å². The van der Waals surface area contributed by atoms with E-state index in [1.807, 2.05) is 12.1 Å². The van der Waals surface area contributed by atoms with Crippen LogP contribution in [0.2, 0.25) is 0 Å². The van der Waals surface area contributed by atoms with E-state index < -0.39 is 5.97 Å². The zero-order valence-corrected chi connectivity index (χ0v) is 21.8. The third-order valence-corrected chi connectivity index (χ3v) is 6.46. The molecule has 0 saturated heterocycles. The van der Waals surface area contributed by atoms with Crippen LogP contribution in [-0.2, 0) is 17.6 Å². The molecule has 7 nitrogen and oxygen atoms in total. The minimum absolute atomic E-state index is 0.153. The average Bonchev–Trinajstić information content (AvgIpc) is 2.86. The summed E-state index contributed by atoms with van der Waals surface area (Å²) in [4.78, 5) is 13.0. The quantitative estimate of drug-likeness (QED) is 0.221. The Kier molecular flexibility index (Phi) is 7.99. The van der Waals surface area contributed by atoms with E-state index in [0.717, 1.165) is 22.3 Å². The molecule has 1 aliphatic rings. The highest BCUT2D eigenvalue weighted by atomic mass is 16.6. The van der Waals surface area contributed by atoms with Gasteiger partial charge in [0.15, 0.2) is 23.0 Å². The van der Waals surface area contributed by atoms with Crippen molar-refractivity contribution in [1.82, 2.24) is 0 Å². The van der Waals surface area contributed by atoms with E-state index >= 15 is 0 Å². The molecule has 0 aromatic heterocycles. The van der Waals surface area contributed by atoms with Gasteiger partial charge in [-0.2, -0.15) is 0 Å². The molecule has 0 bridgehead atoms. The summed E-state index contributed by atoms with van der Waals surface area (Å²) in [7, 11) is 7.79. The molecular formula is C28H34O7. The number of methoxy groups -OCH3 is 5. The number of carbonyl (C=O) groups is 1. The van der Waals surface area contributed by atoms with Crippen molar-refractivity contribution in [3.8, 4) is 45.6 Å². The van der Waals surface area contributed by atoms with Crippen molar-refractivity contribution in [3.05, 3.63) is 47.1 Å². The van der Waals surface area contributed by atoms with Gasteiger partial charge >= 0.3 is 5.97 Å². The average molecular weight is 483 g/mol. The van der Waals surface area contributed by atoms with Gasteiger partial charge in [-0.15, -0.1) is 0 Å². The highest BCUT2D eigenvalue weighted by molar-refractivity contribution is 5.94. The largest absolute Gasteiger partial charge is 0.493 e. The molecule has 3 rings (SSSR count). The van der Waals surface area contributed by atoms with Crippen molar-refractivity contribution in [2.75, 3.05) is 35.5 Å². The highest BCUT2D eigenvalue weighted by Crippen LogP contribution is 2.55. The molecule has 2 aromatic carbocycles. The molecule has 7 heteroatoms. The molecule has 0 fully saturated rings. The predicted octanol–water partition coefficient (Wildman–Crippen LogP) is 5.56. The Balaban J connectivity index is 2.54. The van der Waals surface area contributed by atoms with Gasteiger partial charge in [0.25, 0.3) is 0 Å². The van der Waals surface area contributed by atoms with Crippen LogP contribution in [0.5, 0.6) is 34.5 Å². The fourth-order valence-electron chi connectivity index (χ4n) is 4.35. The van der Waals surface area contributed by atoms with Crippen LogP contribution in [-0.4, -0.2) is 41.5 Å². The fourth-order valence-corrected chi connectivity index (χ4v) is 4.35. The number of hydrogen-bond acceptors (Lipinski definition) is 7. The third-order valence-electron chi connectivity index (χ3n) is 6.46. The van der Waals surface area contributed by atoms with Gasteiger partial charge in [-0.3, -0.25) is 0 Å². The van der Waals surface area contributed by atoms with Gasteiger partial charge in [0, 0.05) is 16.7 Å². The van der Waals surface area contributed by atoms with Crippen LogP contribution in [0.4, 0.5) is 0 Å². The zero-order valence-electron chi connectivity index (χ0n) is 21.8. The highest BCUT2D eigenvalue weighted by Gasteiger charge is 2.33. The van der Waals surface area contributed by atoms with Gasteiger partial charge in [0.2, 0.25) is 11.5 Å². The van der Waals surface area contributed by atoms with Crippen molar-refractivity contribution >= 4 is 5.97 Å². The summed E-state index contributed by atoms with van der Waals surface area (Å²) in [6, 6.07) is 3.84. The lowest BCUT2D eigenvalue weighted by Crippen LogP contribution is -2.16. The number of allylic oxidation sites excluding steroid dienone is 2. The molecule has 188 valence electrons. The van der Waals surface area contributed by atoms with Crippen molar-refractivity contribution < 1.29 is 33.2 Å². The molecule has 0 saturated carbocycles. The molecule has 1 aliphatic carbocycles. The molecule has 35 heavy (non-hydrogen) atoms. The Morgan fingerprint density at radius 3 is 1.89 bits per heavy atom.